The van der Waals surface area contributed by atoms with Gasteiger partial charge in [0.25, 0.3) is 0 Å². The van der Waals surface area contributed by atoms with Crippen LogP contribution in [0.25, 0.3) is 11.1 Å². The van der Waals surface area contributed by atoms with Gasteiger partial charge >= 0.3 is 33.3 Å². The molecule has 2 aliphatic rings. The molecule has 2 aromatic rings. The standard InChI is InChI=1S/C15H21BO2.C15H19Br.C4H9.C3H9BO3.Li/c1-2-3-12-4-6-13(7-5-12)14-8-10-15(11-9-14)16(17)18;1-2-3-12-4-6-13(7-5-12)14-8-10-15(16)11-9-14;1-3-4-2;1-5-4(6-2)7-3;/h6,8-12,17-18H,2-5,7H2,1H3;6,8-12H,2-5,7H2,1H3;1,3-4H2,2H3;1-3H3;/q;;-1;;+1. The van der Waals surface area contributed by atoms with Crippen LogP contribution in [0.2, 0.25) is 0 Å². The van der Waals surface area contributed by atoms with E-state index in [9.17, 15) is 0 Å². The van der Waals surface area contributed by atoms with Crippen LogP contribution in [0.5, 0.6) is 0 Å². The maximum atomic E-state index is 9.06. The number of allylic oxidation sites excluding steroid dienone is 4. The molecule has 2 unspecified atom stereocenters. The number of benzene rings is 2. The second kappa shape index (κ2) is 27.8. The second-order valence-electron chi connectivity index (χ2n) is 11.7. The fourth-order valence-corrected chi connectivity index (χ4v) is 5.73. The first-order chi connectivity index (χ1) is 21.8. The minimum absolute atomic E-state index is 0. The first kappa shape index (κ1) is 44.9. The Balaban J connectivity index is 0.000000662. The summed E-state index contributed by atoms with van der Waals surface area (Å²) < 4.78 is 15.0. The van der Waals surface area contributed by atoms with Crippen molar-refractivity contribution in [2.45, 2.75) is 97.8 Å². The fraction of sp³-hybridized carbons (Fsp3) is 0.541. The molecule has 250 valence electrons. The van der Waals surface area contributed by atoms with Gasteiger partial charge in [0.15, 0.2) is 0 Å². The fourth-order valence-electron chi connectivity index (χ4n) is 5.46. The topological polar surface area (TPSA) is 68.2 Å². The molecule has 4 rings (SSSR count). The average Bonchev–Trinajstić information content (AvgIpc) is 3.08. The Morgan fingerprint density at radius 1 is 0.717 bits per heavy atom. The Labute approximate surface area is 302 Å². The summed E-state index contributed by atoms with van der Waals surface area (Å²) in [4.78, 5) is 0. The van der Waals surface area contributed by atoms with Crippen LogP contribution in [0, 0.1) is 18.8 Å². The minimum Gasteiger partial charge on any atom is -0.423 e. The maximum absolute atomic E-state index is 9.06. The van der Waals surface area contributed by atoms with Gasteiger partial charge in [-0.25, -0.2) is 0 Å². The molecule has 5 nitrogen and oxygen atoms in total. The van der Waals surface area contributed by atoms with Crippen molar-refractivity contribution in [1.29, 1.82) is 0 Å². The minimum atomic E-state index is -1.37. The van der Waals surface area contributed by atoms with E-state index in [4.69, 9.17) is 10.0 Å². The second-order valence-corrected chi connectivity index (χ2v) is 12.6. The third-order valence-electron chi connectivity index (χ3n) is 8.16. The monoisotopic (exact) mass is 690 g/mol. The van der Waals surface area contributed by atoms with Crippen LogP contribution >= 0.6 is 15.9 Å². The van der Waals surface area contributed by atoms with Gasteiger partial charge in [-0.3, -0.25) is 0 Å². The van der Waals surface area contributed by atoms with Gasteiger partial charge < -0.3 is 30.9 Å². The van der Waals surface area contributed by atoms with Crippen molar-refractivity contribution in [3.05, 3.63) is 83.2 Å². The third kappa shape index (κ3) is 18.5. The summed E-state index contributed by atoms with van der Waals surface area (Å²) in [6.07, 6.45) is 19.9. The van der Waals surface area contributed by atoms with Crippen LogP contribution in [0.4, 0.5) is 0 Å². The summed E-state index contributed by atoms with van der Waals surface area (Å²) in [5.41, 5.74) is 6.12. The summed E-state index contributed by atoms with van der Waals surface area (Å²) in [6, 6.07) is 16.3. The van der Waals surface area contributed by atoms with E-state index < -0.39 is 14.4 Å². The zero-order valence-corrected chi connectivity index (χ0v) is 31.4. The molecule has 2 aromatic carbocycles. The van der Waals surface area contributed by atoms with Gasteiger partial charge in [-0.1, -0.05) is 117 Å². The van der Waals surface area contributed by atoms with E-state index in [0.717, 1.165) is 29.2 Å². The van der Waals surface area contributed by atoms with E-state index in [2.05, 4.69) is 94.0 Å². The van der Waals surface area contributed by atoms with E-state index in [1.807, 2.05) is 12.1 Å². The molecule has 0 fully saturated rings. The zero-order chi connectivity index (χ0) is 33.5. The van der Waals surface area contributed by atoms with Crippen molar-refractivity contribution in [1.82, 2.24) is 0 Å². The molecule has 0 amide bonds. The van der Waals surface area contributed by atoms with Gasteiger partial charge in [0.05, 0.1) is 0 Å². The SMILES string of the molecule is CCCC1CC=C(c2ccc(B(O)O)cc2)CC1.CCCC1CC=C(c2ccc(Br)cc2)CC1.COB(OC)OC.[CH2-]CCC.[Li+]. The Hall–Kier alpha value is -1.07. The van der Waals surface area contributed by atoms with Crippen molar-refractivity contribution in [2.24, 2.45) is 11.8 Å². The normalized spacial score (nSPS) is 16.8. The van der Waals surface area contributed by atoms with Crippen LogP contribution in [-0.2, 0) is 14.0 Å². The summed E-state index contributed by atoms with van der Waals surface area (Å²) in [6.45, 7) is 10.3. The predicted molar refractivity (Wildman–Crippen MR) is 198 cm³/mol. The molecule has 9 heteroatoms. The van der Waals surface area contributed by atoms with Gasteiger partial charge in [0.1, 0.15) is 0 Å². The third-order valence-corrected chi connectivity index (χ3v) is 8.69. The van der Waals surface area contributed by atoms with Gasteiger partial charge in [0, 0.05) is 25.8 Å². The molecule has 0 bridgehead atoms. The largest absolute Gasteiger partial charge is 1.00 e. The maximum Gasteiger partial charge on any atom is 1.00 e. The average molecular weight is 691 g/mol. The summed E-state index contributed by atoms with van der Waals surface area (Å²) in [5.74, 6) is 1.79. The van der Waals surface area contributed by atoms with Crippen molar-refractivity contribution >= 4 is 47.0 Å². The van der Waals surface area contributed by atoms with Crippen LogP contribution in [0.3, 0.4) is 0 Å². The molecule has 0 spiro atoms. The van der Waals surface area contributed by atoms with Crippen LogP contribution in [-0.4, -0.2) is 45.8 Å². The van der Waals surface area contributed by atoms with Gasteiger partial charge in [-0.05, 0) is 90.2 Å². The van der Waals surface area contributed by atoms with E-state index in [0.29, 0.717) is 5.46 Å². The Morgan fingerprint density at radius 2 is 1.11 bits per heavy atom. The molecule has 2 aliphatic carbocycles. The molecule has 0 aliphatic heterocycles. The predicted octanol–water partition coefficient (Wildman–Crippen LogP) is 6.32. The number of hydrogen-bond donors (Lipinski definition) is 2. The van der Waals surface area contributed by atoms with Crippen LogP contribution in [0.15, 0.2) is 65.2 Å². The first-order valence-corrected chi connectivity index (χ1v) is 17.5. The number of rotatable bonds is 11. The first-order valence-electron chi connectivity index (χ1n) is 16.7. The van der Waals surface area contributed by atoms with E-state index in [-0.39, 0.29) is 18.9 Å². The molecule has 2 atom stereocenters. The molecular formula is C37H58B2BrLiO5. The summed E-state index contributed by atoms with van der Waals surface area (Å²) >= 11 is 3.48. The molecular weight excluding hydrogens is 633 g/mol. The molecule has 0 aromatic heterocycles. The van der Waals surface area contributed by atoms with Crippen molar-refractivity contribution in [3.63, 3.8) is 0 Å². The molecule has 0 saturated heterocycles. The quantitative estimate of drug-likeness (QED) is 0.214. The number of halogens is 1. The Morgan fingerprint density at radius 3 is 1.37 bits per heavy atom. The molecule has 0 saturated carbocycles. The molecule has 0 heterocycles. The van der Waals surface area contributed by atoms with Gasteiger partial charge in [0.2, 0.25) is 0 Å². The van der Waals surface area contributed by atoms with Gasteiger partial charge in [-0.2, -0.15) is 6.42 Å². The van der Waals surface area contributed by atoms with E-state index >= 15 is 0 Å². The van der Waals surface area contributed by atoms with Gasteiger partial charge in [-0.15, -0.1) is 0 Å². The molecule has 2 N–H and O–H groups in total. The van der Waals surface area contributed by atoms with Crippen LogP contribution < -0.4 is 24.3 Å². The van der Waals surface area contributed by atoms with Crippen molar-refractivity contribution in [2.75, 3.05) is 21.3 Å². The van der Waals surface area contributed by atoms with Crippen LogP contribution in [0.1, 0.15) is 109 Å². The Kier molecular flexibility index (Phi) is 27.2. The molecule has 46 heavy (non-hydrogen) atoms. The smallest absolute Gasteiger partial charge is 0.423 e. The summed E-state index contributed by atoms with van der Waals surface area (Å²) in [5, 5.41) is 18.1. The van der Waals surface area contributed by atoms with Crippen molar-refractivity contribution in [3.8, 4) is 0 Å². The zero-order valence-electron chi connectivity index (χ0n) is 29.8. The number of unbranched alkanes of at least 4 members (excludes halogenated alkanes) is 1. The van der Waals surface area contributed by atoms with E-state index in [1.54, 1.807) is 17.7 Å². The molecule has 0 radical (unpaired) electrons. The summed E-state index contributed by atoms with van der Waals surface area (Å²) in [7, 11) is 2.65. The Bertz CT molecular complexity index is 1070. The van der Waals surface area contributed by atoms with Crippen molar-refractivity contribution < 1.29 is 42.9 Å². The van der Waals surface area contributed by atoms with E-state index in [1.165, 1.54) is 102 Å². The number of hydrogen-bond acceptors (Lipinski definition) is 5.